The van der Waals surface area contributed by atoms with Gasteiger partial charge in [0.25, 0.3) is 0 Å². The largest absolute Gasteiger partial charge is 0.310 e. The first-order chi connectivity index (χ1) is 8.59. The van der Waals surface area contributed by atoms with Gasteiger partial charge in [0.05, 0.1) is 16.9 Å². The Bertz CT molecular complexity index is 532. The Balaban J connectivity index is 2.28. The van der Waals surface area contributed by atoms with E-state index in [0.29, 0.717) is 11.1 Å². The molecule has 0 amide bonds. The lowest BCUT2D eigenvalue weighted by Gasteiger charge is -2.09. The summed E-state index contributed by atoms with van der Waals surface area (Å²) < 4.78 is 1.89. The van der Waals surface area contributed by atoms with Crippen molar-refractivity contribution in [1.82, 2.24) is 15.1 Å². The molecule has 0 saturated carbocycles. The Morgan fingerprint density at radius 1 is 1.33 bits per heavy atom. The molecule has 0 radical (unpaired) electrons. The molecule has 2 rings (SSSR count). The van der Waals surface area contributed by atoms with E-state index in [4.69, 9.17) is 11.6 Å². The number of nitrogens with zero attached hydrogens (tertiary/aromatic N) is 2. The van der Waals surface area contributed by atoms with Gasteiger partial charge < -0.3 is 5.32 Å². The maximum atomic E-state index is 6.19. The maximum Gasteiger partial charge on any atom is 0.0834 e. The van der Waals surface area contributed by atoms with E-state index in [0.717, 1.165) is 17.9 Å². The molecule has 3 nitrogen and oxygen atoms in total. The molecule has 0 unspecified atom stereocenters. The summed E-state index contributed by atoms with van der Waals surface area (Å²) >= 11 is 6.19. The Hall–Kier alpha value is -1.32. The lowest BCUT2D eigenvalue weighted by atomic mass is 10.2. The van der Waals surface area contributed by atoms with Gasteiger partial charge in [0.1, 0.15) is 0 Å². The first kappa shape index (κ1) is 13.1. The maximum absolute atomic E-state index is 6.19. The fourth-order valence-corrected chi connectivity index (χ4v) is 2.01. The average Bonchev–Trinajstić information content (AvgIpc) is 2.69. The van der Waals surface area contributed by atoms with E-state index in [-0.39, 0.29) is 0 Å². The van der Waals surface area contributed by atoms with Crippen molar-refractivity contribution in [3.63, 3.8) is 0 Å². The summed E-state index contributed by atoms with van der Waals surface area (Å²) in [5.41, 5.74) is 3.24. The van der Waals surface area contributed by atoms with Crippen molar-refractivity contribution in [2.45, 2.75) is 33.4 Å². The Morgan fingerprint density at radius 3 is 2.72 bits per heavy atom. The fraction of sp³-hybridized carbons (Fsp3) is 0.357. The smallest absolute Gasteiger partial charge is 0.0834 e. The lowest BCUT2D eigenvalue weighted by Crippen LogP contribution is -2.22. The molecule has 2 aromatic rings. The Labute approximate surface area is 113 Å². The third-order valence-electron chi connectivity index (χ3n) is 2.89. The summed E-state index contributed by atoms with van der Waals surface area (Å²) in [5, 5.41) is 8.53. The number of hydrogen-bond acceptors (Lipinski definition) is 2. The van der Waals surface area contributed by atoms with Crippen LogP contribution in [0.15, 0.2) is 30.5 Å². The molecule has 1 aromatic carbocycles. The summed E-state index contributed by atoms with van der Waals surface area (Å²) in [5.74, 6) is 0. The zero-order valence-electron chi connectivity index (χ0n) is 10.9. The van der Waals surface area contributed by atoms with Crippen LogP contribution >= 0.6 is 11.6 Å². The van der Waals surface area contributed by atoms with E-state index in [2.05, 4.69) is 31.2 Å². The van der Waals surface area contributed by atoms with E-state index in [1.807, 2.05) is 35.1 Å². The summed E-state index contributed by atoms with van der Waals surface area (Å²) in [4.78, 5) is 0. The molecule has 0 fully saturated rings. The predicted octanol–water partition coefficient (Wildman–Crippen LogP) is 3.33. The highest BCUT2D eigenvalue weighted by Crippen LogP contribution is 2.21. The molecule has 0 spiro atoms. The van der Waals surface area contributed by atoms with Crippen molar-refractivity contribution in [2.75, 3.05) is 0 Å². The van der Waals surface area contributed by atoms with E-state index in [1.165, 1.54) is 5.56 Å². The molecule has 1 aromatic heterocycles. The van der Waals surface area contributed by atoms with Gasteiger partial charge in [-0.15, -0.1) is 0 Å². The first-order valence-corrected chi connectivity index (χ1v) is 6.49. The van der Waals surface area contributed by atoms with Crippen LogP contribution in [0, 0.1) is 6.92 Å². The molecule has 18 heavy (non-hydrogen) atoms. The second kappa shape index (κ2) is 5.55. The minimum Gasteiger partial charge on any atom is -0.310 e. The van der Waals surface area contributed by atoms with Crippen LogP contribution in [0.3, 0.4) is 0 Å². The number of hydrogen-bond donors (Lipinski definition) is 1. The summed E-state index contributed by atoms with van der Waals surface area (Å²) in [6, 6.07) is 8.21. The minimum absolute atomic E-state index is 0.466. The molecule has 1 N–H and O–H groups in total. The third kappa shape index (κ3) is 2.74. The highest BCUT2D eigenvalue weighted by molar-refractivity contribution is 6.32. The Kier molecular flexibility index (Phi) is 4.04. The second-order valence-electron chi connectivity index (χ2n) is 4.65. The van der Waals surface area contributed by atoms with Crippen LogP contribution in [-0.2, 0) is 6.54 Å². The number of aromatic nitrogens is 2. The predicted molar refractivity (Wildman–Crippen MR) is 75.3 cm³/mol. The van der Waals surface area contributed by atoms with Crippen LogP contribution in [0.25, 0.3) is 5.69 Å². The van der Waals surface area contributed by atoms with Gasteiger partial charge in [0.2, 0.25) is 0 Å². The van der Waals surface area contributed by atoms with Crippen LogP contribution in [0.5, 0.6) is 0 Å². The van der Waals surface area contributed by atoms with Gasteiger partial charge in [0.15, 0.2) is 0 Å². The molecule has 0 aliphatic heterocycles. The monoisotopic (exact) mass is 263 g/mol. The first-order valence-electron chi connectivity index (χ1n) is 6.11. The standard InChI is InChI=1S/C14H18ClN3/c1-10(2)16-8-12-9-17-18(11(12)3)14-7-5-4-6-13(14)15/h4-7,9-10,16H,8H2,1-3H3. The van der Waals surface area contributed by atoms with Crippen molar-refractivity contribution in [1.29, 1.82) is 0 Å². The molecular weight excluding hydrogens is 246 g/mol. The molecule has 0 atom stereocenters. The zero-order chi connectivity index (χ0) is 13.1. The SMILES string of the molecule is Cc1c(CNC(C)C)cnn1-c1ccccc1Cl. The average molecular weight is 264 g/mol. The highest BCUT2D eigenvalue weighted by atomic mass is 35.5. The van der Waals surface area contributed by atoms with Gasteiger partial charge in [-0.3, -0.25) is 0 Å². The number of nitrogens with one attached hydrogen (secondary N) is 1. The van der Waals surface area contributed by atoms with Gasteiger partial charge >= 0.3 is 0 Å². The molecule has 1 heterocycles. The quantitative estimate of drug-likeness (QED) is 0.917. The number of halogens is 1. The lowest BCUT2D eigenvalue weighted by molar-refractivity contribution is 0.587. The van der Waals surface area contributed by atoms with E-state index in [1.54, 1.807) is 0 Å². The van der Waals surface area contributed by atoms with Crippen LogP contribution in [0.4, 0.5) is 0 Å². The van der Waals surface area contributed by atoms with Gasteiger partial charge in [-0.05, 0) is 19.1 Å². The fourth-order valence-electron chi connectivity index (χ4n) is 1.80. The van der Waals surface area contributed by atoms with Crippen molar-refractivity contribution in [3.8, 4) is 5.69 Å². The summed E-state index contributed by atoms with van der Waals surface area (Å²) in [7, 11) is 0. The molecule has 0 aliphatic rings. The molecule has 0 saturated heterocycles. The van der Waals surface area contributed by atoms with E-state index < -0.39 is 0 Å². The number of rotatable bonds is 4. The van der Waals surface area contributed by atoms with Crippen LogP contribution < -0.4 is 5.32 Å². The van der Waals surface area contributed by atoms with Crippen LogP contribution in [-0.4, -0.2) is 15.8 Å². The van der Waals surface area contributed by atoms with Gasteiger partial charge in [-0.25, -0.2) is 4.68 Å². The third-order valence-corrected chi connectivity index (χ3v) is 3.21. The van der Waals surface area contributed by atoms with Crippen LogP contribution in [0.1, 0.15) is 25.1 Å². The number of para-hydroxylation sites is 1. The molecule has 4 heteroatoms. The molecule has 0 aliphatic carbocycles. The van der Waals surface area contributed by atoms with Gasteiger partial charge in [-0.1, -0.05) is 37.6 Å². The van der Waals surface area contributed by atoms with E-state index in [9.17, 15) is 0 Å². The summed E-state index contributed by atoms with van der Waals surface area (Å²) in [6.45, 7) is 7.16. The Morgan fingerprint density at radius 2 is 2.06 bits per heavy atom. The zero-order valence-corrected chi connectivity index (χ0v) is 11.7. The van der Waals surface area contributed by atoms with Gasteiger partial charge in [0, 0.05) is 23.8 Å². The van der Waals surface area contributed by atoms with Crippen molar-refractivity contribution >= 4 is 11.6 Å². The van der Waals surface area contributed by atoms with Gasteiger partial charge in [-0.2, -0.15) is 5.10 Å². The molecule has 96 valence electrons. The van der Waals surface area contributed by atoms with Crippen molar-refractivity contribution < 1.29 is 0 Å². The van der Waals surface area contributed by atoms with E-state index >= 15 is 0 Å². The normalized spacial score (nSPS) is 11.2. The van der Waals surface area contributed by atoms with Crippen molar-refractivity contribution in [2.24, 2.45) is 0 Å². The summed E-state index contributed by atoms with van der Waals surface area (Å²) in [6.07, 6.45) is 1.90. The topological polar surface area (TPSA) is 29.9 Å². The minimum atomic E-state index is 0.466. The number of benzene rings is 1. The second-order valence-corrected chi connectivity index (χ2v) is 5.06. The van der Waals surface area contributed by atoms with Crippen molar-refractivity contribution in [3.05, 3.63) is 46.7 Å². The van der Waals surface area contributed by atoms with Crippen LogP contribution in [0.2, 0.25) is 5.02 Å². The molecule has 0 bridgehead atoms. The highest BCUT2D eigenvalue weighted by Gasteiger charge is 2.10. The molecular formula is C14H18ClN3.